The first-order valence-electron chi connectivity index (χ1n) is 10.5. The molecule has 160 valence electrons. The summed E-state index contributed by atoms with van der Waals surface area (Å²) in [7, 11) is 1.83. The number of benzene rings is 1. The van der Waals surface area contributed by atoms with Crippen LogP contribution in [-0.4, -0.2) is 24.8 Å². The molecule has 0 heterocycles. The van der Waals surface area contributed by atoms with Crippen molar-refractivity contribution in [2.24, 2.45) is 4.99 Å². The summed E-state index contributed by atoms with van der Waals surface area (Å²) in [5.74, 6) is 0. The van der Waals surface area contributed by atoms with E-state index in [-0.39, 0.29) is 11.6 Å². The van der Waals surface area contributed by atoms with Crippen LogP contribution in [0.3, 0.4) is 0 Å². The summed E-state index contributed by atoms with van der Waals surface area (Å²) in [5.41, 5.74) is 4.02. The quantitative estimate of drug-likeness (QED) is 0.386. The Kier molecular flexibility index (Phi) is 21.8. The van der Waals surface area contributed by atoms with Gasteiger partial charge in [0.25, 0.3) is 0 Å². The maximum absolute atomic E-state index is 4.19. The lowest BCUT2D eigenvalue weighted by molar-refractivity contribution is 0.403. The highest BCUT2D eigenvalue weighted by Crippen LogP contribution is 2.16. The van der Waals surface area contributed by atoms with Gasteiger partial charge < -0.3 is 5.32 Å². The lowest BCUT2D eigenvalue weighted by Gasteiger charge is -2.26. The van der Waals surface area contributed by atoms with Gasteiger partial charge in [-0.05, 0) is 50.3 Å². The van der Waals surface area contributed by atoms with Gasteiger partial charge in [-0.3, -0.25) is 4.99 Å². The average molecular weight is 387 g/mol. The monoisotopic (exact) mass is 386 g/mol. The van der Waals surface area contributed by atoms with E-state index in [4.69, 9.17) is 0 Å². The number of nitrogens with zero attached hydrogens (tertiary/aromatic N) is 1. The minimum absolute atomic E-state index is 0.0838. The molecule has 0 fully saturated rings. The van der Waals surface area contributed by atoms with E-state index in [1.165, 1.54) is 16.7 Å². The molecular formula is C26H46N2. The first kappa shape index (κ1) is 30.8. The third-order valence-corrected chi connectivity index (χ3v) is 3.38. The first-order valence-corrected chi connectivity index (χ1v) is 10.5. The standard InChI is InChI=1S/C18H28N2.C4H6.2C2H6/c1-7-15-10-9-14(11-16(15)8-2)12-17(13-19-6)20-18(3,4)5;1-3-4-2;2*1-2/h7,9-11,13,17,20H,1,8,12H2,2-6H3;3-4H,1-2H2;2*1-2H3. The Bertz CT molecular complexity index is 542. The Labute approximate surface area is 176 Å². The Hall–Kier alpha value is -1.93. The van der Waals surface area contributed by atoms with Gasteiger partial charge in [0.05, 0.1) is 0 Å². The van der Waals surface area contributed by atoms with Crippen LogP contribution in [0.5, 0.6) is 0 Å². The molecule has 0 saturated carbocycles. The highest BCUT2D eigenvalue weighted by atomic mass is 15.0. The van der Waals surface area contributed by atoms with Crippen molar-refractivity contribution in [2.75, 3.05) is 7.05 Å². The highest BCUT2D eigenvalue weighted by molar-refractivity contribution is 5.65. The molecule has 1 atom stereocenters. The molecule has 1 unspecified atom stereocenters. The molecule has 0 aliphatic heterocycles. The lowest BCUT2D eigenvalue weighted by atomic mass is 9.97. The van der Waals surface area contributed by atoms with E-state index in [9.17, 15) is 0 Å². The molecule has 2 heteroatoms. The van der Waals surface area contributed by atoms with Gasteiger partial charge in [-0.2, -0.15) is 0 Å². The van der Waals surface area contributed by atoms with Crippen molar-refractivity contribution in [1.82, 2.24) is 5.32 Å². The van der Waals surface area contributed by atoms with Crippen LogP contribution in [0.25, 0.3) is 6.08 Å². The summed E-state index contributed by atoms with van der Waals surface area (Å²) in [6.07, 6.45) is 9.20. The van der Waals surface area contributed by atoms with Crippen LogP contribution >= 0.6 is 0 Å². The zero-order valence-corrected chi connectivity index (χ0v) is 20.1. The molecule has 0 amide bonds. The molecule has 1 aromatic carbocycles. The van der Waals surface area contributed by atoms with E-state index in [1.807, 2.05) is 47.0 Å². The van der Waals surface area contributed by atoms with E-state index in [1.54, 1.807) is 12.2 Å². The number of aryl methyl sites for hydroxylation is 1. The largest absolute Gasteiger partial charge is 0.304 e. The van der Waals surface area contributed by atoms with E-state index in [0.717, 1.165) is 12.8 Å². The van der Waals surface area contributed by atoms with Gasteiger partial charge in [-0.25, -0.2) is 0 Å². The van der Waals surface area contributed by atoms with Gasteiger partial charge in [0.15, 0.2) is 0 Å². The topological polar surface area (TPSA) is 24.4 Å². The second-order valence-electron chi connectivity index (χ2n) is 6.67. The summed E-state index contributed by atoms with van der Waals surface area (Å²) in [4.78, 5) is 4.19. The SMILES string of the molecule is C=CC=C.C=Cc1ccc(CC(C=NC)NC(C)(C)C)cc1CC.CC.CC. The van der Waals surface area contributed by atoms with Crippen molar-refractivity contribution in [2.45, 2.75) is 79.8 Å². The smallest absolute Gasteiger partial charge is 0.0464 e. The molecule has 0 saturated heterocycles. The van der Waals surface area contributed by atoms with Gasteiger partial charge >= 0.3 is 0 Å². The normalized spacial score (nSPS) is 10.9. The second-order valence-corrected chi connectivity index (χ2v) is 6.67. The molecule has 1 N–H and O–H groups in total. The van der Waals surface area contributed by atoms with Crippen LogP contribution < -0.4 is 5.32 Å². The van der Waals surface area contributed by atoms with Crippen LogP contribution in [-0.2, 0) is 12.8 Å². The molecule has 0 aliphatic rings. The molecular weight excluding hydrogens is 340 g/mol. The summed E-state index contributed by atoms with van der Waals surface area (Å²) in [6, 6.07) is 6.91. The molecule has 0 bridgehead atoms. The van der Waals surface area contributed by atoms with Crippen molar-refractivity contribution in [3.63, 3.8) is 0 Å². The Morgan fingerprint density at radius 1 is 1.04 bits per heavy atom. The van der Waals surface area contributed by atoms with Crippen molar-refractivity contribution in [1.29, 1.82) is 0 Å². The average Bonchev–Trinajstić information content (AvgIpc) is 2.70. The van der Waals surface area contributed by atoms with Crippen LogP contribution in [0.15, 0.2) is 55.1 Å². The molecule has 1 rings (SSSR count). The molecule has 1 aromatic rings. The van der Waals surface area contributed by atoms with Crippen LogP contribution in [0.4, 0.5) is 0 Å². The number of rotatable bonds is 7. The highest BCUT2D eigenvalue weighted by Gasteiger charge is 2.16. The third kappa shape index (κ3) is 16.3. The van der Waals surface area contributed by atoms with Gasteiger partial charge in [0.1, 0.15) is 0 Å². The number of nitrogens with one attached hydrogen (secondary N) is 1. The molecule has 2 nitrogen and oxygen atoms in total. The number of hydrogen-bond donors (Lipinski definition) is 1. The molecule has 0 aromatic heterocycles. The number of hydrogen-bond acceptors (Lipinski definition) is 2. The zero-order valence-electron chi connectivity index (χ0n) is 20.1. The first-order chi connectivity index (χ1) is 13.3. The van der Waals surface area contributed by atoms with Gasteiger partial charge in [0, 0.05) is 24.8 Å². The predicted octanol–water partition coefficient (Wildman–Crippen LogP) is 7.30. The minimum Gasteiger partial charge on any atom is -0.304 e. The summed E-state index contributed by atoms with van der Waals surface area (Å²) >= 11 is 0. The number of allylic oxidation sites excluding steroid dienone is 2. The van der Waals surface area contributed by atoms with E-state index in [2.05, 4.69) is 75.9 Å². The summed E-state index contributed by atoms with van der Waals surface area (Å²) in [5, 5.41) is 3.60. The fourth-order valence-electron chi connectivity index (χ4n) is 2.42. The van der Waals surface area contributed by atoms with Crippen molar-refractivity contribution >= 4 is 12.3 Å². The summed E-state index contributed by atoms with van der Waals surface area (Å²) in [6.45, 7) is 27.3. The minimum atomic E-state index is 0.0838. The molecule has 0 radical (unpaired) electrons. The lowest BCUT2D eigenvalue weighted by Crippen LogP contribution is -2.45. The zero-order chi connectivity index (χ0) is 22.6. The van der Waals surface area contributed by atoms with E-state index >= 15 is 0 Å². The Balaban J connectivity index is -0.000000675. The Morgan fingerprint density at radius 3 is 1.93 bits per heavy atom. The molecule has 0 aliphatic carbocycles. The van der Waals surface area contributed by atoms with Crippen LogP contribution in [0.1, 0.15) is 72.1 Å². The molecule has 28 heavy (non-hydrogen) atoms. The molecule has 0 spiro atoms. The van der Waals surface area contributed by atoms with E-state index < -0.39 is 0 Å². The van der Waals surface area contributed by atoms with E-state index in [0.29, 0.717) is 0 Å². The van der Waals surface area contributed by atoms with Crippen molar-refractivity contribution in [3.8, 4) is 0 Å². The van der Waals surface area contributed by atoms with Crippen molar-refractivity contribution < 1.29 is 0 Å². The number of aliphatic imine (C=N–C) groups is 1. The fraction of sp³-hybridized carbons (Fsp3) is 0.500. The third-order valence-electron chi connectivity index (χ3n) is 3.38. The maximum Gasteiger partial charge on any atom is 0.0464 e. The predicted molar refractivity (Wildman–Crippen MR) is 134 cm³/mol. The van der Waals surface area contributed by atoms with Crippen LogP contribution in [0, 0.1) is 0 Å². The van der Waals surface area contributed by atoms with Gasteiger partial charge in [-0.15, -0.1) is 0 Å². The van der Waals surface area contributed by atoms with Gasteiger partial charge in [0.2, 0.25) is 0 Å². The van der Waals surface area contributed by atoms with Crippen LogP contribution in [0.2, 0.25) is 0 Å². The summed E-state index contributed by atoms with van der Waals surface area (Å²) < 4.78 is 0. The fourth-order valence-corrected chi connectivity index (χ4v) is 2.42. The van der Waals surface area contributed by atoms with Crippen molar-refractivity contribution in [3.05, 3.63) is 66.8 Å². The second kappa shape index (κ2) is 19.8. The van der Waals surface area contributed by atoms with Gasteiger partial charge in [-0.1, -0.05) is 90.8 Å². The maximum atomic E-state index is 4.19. The Morgan fingerprint density at radius 2 is 1.57 bits per heavy atom.